The average molecular weight is 414 g/mol. The Balaban J connectivity index is 1.51. The first-order valence-electron chi connectivity index (χ1n) is 12.1. The molecule has 0 aromatic rings. The molecule has 30 heavy (non-hydrogen) atoms. The van der Waals surface area contributed by atoms with Crippen molar-refractivity contribution in [1.82, 2.24) is 0 Å². The fourth-order valence-corrected chi connectivity index (χ4v) is 7.79. The first kappa shape index (κ1) is 21.8. The number of rotatable bonds is 4. The van der Waals surface area contributed by atoms with Gasteiger partial charge in [-0.25, -0.2) is 4.79 Å². The summed E-state index contributed by atoms with van der Waals surface area (Å²) in [5, 5.41) is 4.21. The molecule has 0 amide bonds. The van der Waals surface area contributed by atoms with E-state index in [1.165, 1.54) is 31.3 Å². The molecule has 4 heteroatoms. The fourth-order valence-electron chi connectivity index (χ4n) is 7.79. The van der Waals surface area contributed by atoms with E-state index in [9.17, 15) is 9.59 Å². The molecule has 6 unspecified atom stereocenters. The van der Waals surface area contributed by atoms with E-state index in [4.69, 9.17) is 4.84 Å². The maximum absolute atomic E-state index is 12.3. The van der Waals surface area contributed by atoms with Crippen LogP contribution in [0, 0.1) is 40.4 Å². The standard InChI is InChI=1S/C26H39NO3/c1-16(2)14-24(29)30-27-19-10-12-25(4)18(15-19)6-7-20-22-9-8-21(17(3)28)26(22,5)13-11-23(20)25/h15-16,20-23H,6-14H2,1-5H3/b27-19-. The SMILES string of the molecule is CC(=O)C1CCC2C3CCC4=C/C(=N\OC(=O)CC(C)C)CCC4(C)C3CCC12C. The molecular weight excluding hydrogens is 374 g/mol. The first-order valence-corrected chi connectivity index (χ1v) is 12.1. The number of Topliss-reactive ketones (excluding diaryl/α,β-unsaturated/α-hetero) is 1. The van der Waals surface area contributed by atoms with Gasteiger partial charge in [-0.15, -0.1) is 0 Å². The largest absolute Gasteiger partial charge is 0.335 e. The summed E-state index contributed by atoms with van der Waals surface area (Å²) < 4.78 is 0. The zero-order chi connectivity index (χ0) is 21.7. The Morgan fingerprint density at radius 1 is 1.10 bits per heavy atom. The van der Waals surface area contributed by atoms with Gasteiger partial charge in [0.2, 0.25) is 0 Å². The molecule has 0 saturated heterocycles. The lowest BCUT2D eigenvalue weighted by Crippen LogP contribution is -2.51. The van der Waals surface area contributed by atoms with Crippen molar-refractivity contribution in [1.29, 1.82) is 0 Å². The number of carbonyl (C=O) groups excluding carboxylic acids is 2. The topological polar surface area (TPSA) is 55.7 Å². The molecule has 0 N–H and O–H groups in total. The zero-order valence-corrected chi connectivity index (χ0v) is 19.5. The van der Waals surface area contributed by atoms with Gasteiger partial charge in [0.25, 0.3) is 0 Å². The van der Waals surface area contributed by atoms with E-state index in [-0.39, 0.29) is 28.6 Å². The van der Waals surface area contributed by atoms with Gasteiger partial charge in [0, 0.05) is 5.92 Å². The molecule has 0 spiro atoms. The molecule has 4 aliphatic rings. The second-order valence-corrected chi connectivity index (χ2v) is 11.4. The maximum atomic E-state index is 12.3. The van der Waals surface area contributed by atoms with Gasteiger partial charge in [0.1, 0.15) is 5.78 Å². The summed E-state index contributed by atoms with van der Waals surface area (Å²) in [6, 6.07) is 0. The summed E-state index contributed by atoms with van der Waals surface area (Å²) in [5.41, 5.74) is 2.89. The van der Waals surface area contributed by atoms with Gasteiger partial charge in [0.05, 0.1) is 12.1 Å². The van der Waals surface area contributed by atoms with Crippen molar-refractivity contribution in [2.45, 2.75) is 92.4 Å². The highest BCUT2D eigenvalue weighted by atomic mass is 16.7. The third-order valence-electron chi connectivity index (χ3n) is 9.31. The van der Waals surface area contributed by atoms with Crippen molar-refractivity contribution in [3.05, 3.63) is 11.6 Å². The summed E-state index contributed by atoms with van der Waals surface area (Å²) in [6.45, 7) is 10.7. The average Bonchev–Trinajstić information content (AvgIpc) is 3.03. The van der Waals surface area contributed by atoms with Crippen LogP contribution in [0.25, 0.3) is 0 Å². The molecule has 0 heterocycles. The smallest absolute Gasteiger partial charge is 0.318 e. The van der Waals surface area contributed by atoms with Crippen molar-refractivity contribution in [3.63, 3.8) is 0 Å². The van der Waals surface area contributed by atoms with Gasteiger partial charge < -0.3 is 4.84 Å². The highest BCUT2D eigenvalue weighted by molar-refractivity contribution is 5.96. The van der Waals surface area contributed by atoms with Crippen LogP contribution < -0.4 is 0 Å². The molecule has 0 aliphatic heterocycles. The van der Waals surface area contributed by atoms with Crippen LogP contribution in [0.3, 0.4) is 0 Å². The Bertz CT molecular complexity index is 781. The van der Waals surface area contributed by atoms with Gasteiger partial charge in [-0.05, 0) is 98.9 Å². The molecule has 4 aliphatic carbocycles. The van der Waals surface area contributed by atoms with Crippen molar-refractivity contribution >= 4 is 17.5 Å². The molecular formula is C26H39NO3. The van der Waals surface area contributed by atoms with Gasteiger partial charge in [0.15, 0.2) is 0 Å². The molecule has 0 aromatic heterocycles. The minimum absolute atomic E-state index is 0.219. The summed E-state index contributed by atoms with van der Waals surface area (Å²) in [6.07, 6.45) is 11.7. The Labute approximate surface area is 181 Å². The van der Waals surface area contributed by atoms with Crippen molar-refractivity contribution < 1.29 is 14.4 Å². The lowest BCUT2D eigenvalue weighted by atomic mass is 9.46. The number of fused-ring (bicyclic) bond motifs is 5. The van der Waals surface area contributed by atoms with Crippen LogP contribution in [0.1, 0.15) is 92.4 Å². The molecule has 166 valence electrons. The molecule has 0 aromatic carbocycles. The summed E-state index contributed by atoms with van der Waals surface area (Å²) in [5.74, 6) is 2.90. The van der Waals surface area contributed by atoms with E-state index in [1.54, 1.807) is 0 Å². The Kier molecular flexibility index (Phi) is 5.74. The molecule has 6 atom stereocenters. The van der Waals surface area contributed by atoms with Crippen molar-refractivity contribution in [2.75, 3.05) is 0 Å². The second kappa shape index (κ2) is 7.91. The Morgan fingerprint density at radius 2 is 1.87 bits per heavy atom. The van der Waals surface area contributed by atoms with Crippen molar-refractivity contribution in [3.8, 4) is 0 Å². The van der Waals surface area contributed by atoms with Crippen LogP contribution in [0.2, 0.25) is 0 Å². The molecule has 3 saturated carbocycles. The third kappa shape index (κ3) is 3.58. The van der Waals surface area contributed by atoms with E-state index < -0.39 is 0 Å². The molecule has 3 fully saturated rings. The zero-order valence-electron chi connectivity index (χ0n) is 19.5. The lowest BCUT2D eigenvalue weighted by Gasteiger charge is -2.58. The van der Waals surface area contributed by atoms with Gasteiger partial charge in [-0.1, -0.05) is 38.4 Å². The monoisotopic (exact) mass is 413 g/mol. The van der Waals surface area contributed by atoms with Gasteiger partial charge in [-0.3, -0.25) is 4.79 Å². The minimum atomic E-state index is -0.235. The van der Waals surface area contributed by atoms with Crippen LogP contribution in [-0.2, 0) is 14.4 Å². The molecule has 4 nitrogen and oxygen atoms in total. The summed E-state index contributed by atoms with van der Waals surface area (Å²) in [4.78, 5) is 29.4. The number of carbonyl (C=O) groups is 2. The van der Waals surface area contributed by atoms with E-state index in [2.05, 4.69) is 25.1 Å². The highest BCUT2D eigenvalue weighted by Crippen LogP contribution is 2.66. The highest BCUT2D eigenvalue weighted by Gasteiger charge is 2.59. The van der Waals surface area contributed by atoms with Crippen LogP contribution >= 0.6 is 0 Å². The van der Waals surface area contributed by atoms with Crippen LogP contribution in [-0.4, -0.2) is 17.5 Å². The van der Waals surface area contributed by atoms with Crippen LogP contribution in [0.4, 0.5) is 0 Å². The van der Waals surface area contributed by atoms with Crippen LogP contribution in [0.5, 0.6) is 0 Å². The fraction of sp³-hybridized carbons (Fsp3) is 0.808. The van der Waals surface area contributed by atoms with Crippen molar-refractivity contribution in [2.24, 2.45) is 45.6 Å². The number of oxime groups is 1. The molecule has 0 bridgehead atoms. The minimum Gasteiger partial charge on any atom is -0.318 e. The molecule has 4 rings (SSSR count). The van der Waals surface area contributed by atoms with Gasteiger partial charge >= 0.3 is 5.97 Å². The Hall–Kier alpha value is -1.45. The third-order valence-corrected chi connectivity index (χ3v) is 9.31. The van der Waals surface area contributed by atoms with Gasteiger partial charge in [-0.2, -0.15) is 0 Å². The number of nitrogens with zero attached hydrogens (tertiary/aromatic N) is 1. The summed E-state index contributed by atoms with van der Waals surface area (Å²) in [7, 11) is 0. The van der Waals surface area contributed by atoms with E-state index in [1.807, 2.05) is 20.8 Å². The summed E-state index contributed by atoms with van der Waals surface area (Å²) >= 11 is 0. The first-order chi connectivity index (χ1) is 14.1. The Morgan fingerprint density at radius 3 is 2.57 bits per heavy atom. The quantitative estimate of drug-likeness (QED) is 0.413. The normalized spacial score (nSPS) is 41.7. The predicted molar refractivity (Wildman–Crippen MR) is 119 cm³/mol. The van der Waals surface area contributed by atoms with Crippen LogP contribution in [0.15, 0.2) is 16.8 Å². The maximum Gasteiger partial charge on any atom is 0.335 e. The lowest BCUT2D eigenvalue weighted by molar-refractivity contribution is -0.144. The second-order valence-electron chi connectivity index (χ2n) is 11.4. The molecule has 0 radical (unpaired) electrons. The number of ketones is 1. The van der Waals surface area contributed by atoms with E-state index in [0.717, 1.165) is 37.3 Å². The predicted octanol–water partition coefficient (Wildman–Crippen LogP) is 6.10. The number of hydrogen-bond acceptors (Lipinski definition) is 4. The number of hydrogen-bond donors (Lipinski definition) is 0. The van der Waals surface area contributed by atoms with E-state index >= 15 is 0 Å². The number of allylic oxidation sites excluding steroid dienone is 2. The van der Waals surface area contributed by atoms with E-state index in [0.29, 0.717) is 24.0 Å².